The molecule has 1 aliphatic rings. The molecule has 0 atom stereocenters. The van der Waals surface area contributed by atoms with Crippen LogP contribution in [0.1, 0.15) is 23.8 Å². The van der Waals surface area contributed by atoms with Crippen LogP contribution in [0.2, 0.25) is 10.0 Å². The summed E-state index contributed by atoms with van der Waals surface area (Å²) in [6.07, 6.45) is 1.34. The number of nitrogens with zero attached hydrogens (tertiary/aromatic N) is 3. The Hall–Kier alpha value is -2.73. The molecule has 0 aliphatic carbocycles. The van der Waals surface area contributed by atoms with Gasteiger partial charge >= 0.3 is 0 Å². The minimum atomic E-state index is -1.53. The number of rotatable bonds is 4. The van der Waals surface area contributed by atoms with Crippen LogP contribution in [0.3, 0.4) is 0 Å². The average molecular weight is 587 g/mol. The lowest BCUT2D eigenvalue weighted by Crippen LogP contribution is -2.40. The van der Waals surface area contributed by atoms with Crippen molar-refractivity contribution in [1.82, 2.24) is 15.0 Å². The van der Waals surface area contributed by atoms with Crippen molar-refractivity contribution in [3.63, 3.8) is 0 Å². The first kappa shape index (κ1) is 25.9. The number of thiocarbonyl (C=S) groups is 1. The number of benzene rings is 2. The Labute approximate surface area is 228 Å². The van der Waals surface area contributed by atoms with E-state index in [4.69, 9.17) is 44.9 Å². The molecule has 0 spiro atoms. The van der Waals surface area contributed by atoms with E-state index in [1.807, 2.05) is 5.38 Å². The minimum absolute atomic E-state index is 0.0161. The second-order valence-corrected chi connectivity index (χ2v) is 10.4. The summed E-state index contributed by atoms with van der Waals surface area (Å²) in [6, 6.07) is 7.12. The van der Waals surface area contributed by atoms with Crippen molar-refractivity contribution in [2.45, 2.75) is 18.8 Å². The number of aromatic nitrogens is 2. The highest BCUT2D eigenvalue weighted by Crippen LogP contribution is 2.35. The van der Waals surface area contributed by atoms with Gasteiger partial charge in [0.25, 0.3) is 0 Å². The van der Waals surface area contributed by atoms with E-state index in [-0.39, 0.29) is 17.1 Å². The van der Waals surface area contributed by atoms with Crippen LogP contribution in [-0.2, 0) is 0 Å². The normalized spacial score (nSPS) is 14.3. The van der Waals surface area contributed by atoms with E-state index in [1.165, 1.54) is 11.3 Å². The molecule has 2 aromatic carbocycles. The van der Waals surface area contributed by atoms with Crippen molar-refractivity contribution in [2.75, 3.05) is 18.4 Å². The SMILES string of the molecule is Fc1cc(F)c(F)c(NC(=S)N2CCC(c3nc(-c4cc(-c5ccc(Cl)c(Cl)c5)no4)cs3)CC2)c1F. The molecule has 192 valence electrons. The number of halogens is 6. The highest BCUT2D eigenvalue weighted by Gasteiger charge is 2.27. The van der Waals surface area contributed by atoms with Gasteiger partial charge in [0.15, 0.2) is 34.1 Å². The molecule has 5 rings (SSSR count). The molecule has 37 heavy (non-hydrogen) atoms. The number of piperidine rings is 1. The summed E-state index contributed by atoms with van der Waals surface area (Å²) in [4.78, 5) is 6.41. The van der Waals surface area contributed by atoms with Gasteiger partial charge in [0.1, 0.15) is 17.1 Å². The van der Waals surface area contributed by atoms with Crippen molar-refractivity contribution in [3.05, 3.63) is 74.0 Å². The van der Waals surface area contributed by atoms with Gasteiger partial charge in [-0.15, -0.1) is 11.3 Å². The molecule has 0 saturated carbocycles. The fraction of sp³-hybridized carbons (Fsp3) is 0.208. The maximum atomic E-state index is 14.0. The summed E-state index contributed by atoms with van der Waals surface area (Å²) >= 11 is 18.8. The number of nitrogens with one attached hydrogen (secondary N) is 1. The Morgan fingerprint density at radius 1 is 1.00 bits per heavy atom. The lowest BCUT2D eigenvalue weighted by atomic mass is 9.98. The number of hydrogen-bond donors (Lipinski definition) is 1. The molecule has 4 aromatic rings. The van der Waals surface area contributed by atoms with Crippen LogP contribution in [0, 0.1) is 23.3 Å². The van der Waals surface area contributed by atoms with E-state index in [0.29, 0.717) is 53.1 Å². The Kier molecular flexibility index (Phi) is 7.39. The van der Waals surface area contributed by atoms with Gasteiger partial charge in [-0.2, -0.15) is 0 Å². The summed E-state index contributed by atoms with van der Waals surface area (Å²) < 4.78 is 60.4. The summed E-state index contributed by atoms with van der Waals surface area (Å²) in [5.74, 6) is -5.41. The standard InChI is InChI=1S/C24H16Cl2F4N4OS2/c25-13-2-1-12(7-14(13)26)17-9-19(35-33-17)18-10-37-23(31-18)11-3-5-34(6-4-11)24(36)32-22-20(29)15(27)8-16(28)21(22)30/h1-2,7-11H,3-6H2,(H,32,36). The third kappa shape index (κ3) is 5.31. The second kappa shape index (κ2) is 10.6. The molecule has 5 nitrogen and oxygen atoms in total. The molecule has 0 unspecified atom stereocenters. The number of thiazole rings is 1. The van der Waals surface area contributed by atoms with E-state index < -0.39 is 29.0 Å². The topological polar surface area (TPSA) is 54.2 Å². The second-order valence-electron chi connectivity index (χ2n) is 8.31. The summed E-state index contributed by atoms with van der Waals surface area (Å²) in [5.41, 5.74) is 1.07. The highest BCUT2D eigenvalue weighted by molar-refractivity contribution is 7.80. The molecule has 0 bridgehead atoms. The van der Waals surface area contributed by atoms with Crippen molar-refractivity contribution in [1.29, 1.82) is 0 Å². The van der Waals surface area contributed by atoms with Crippen LogP contribution < -0.4 is 5.32 Å². The highest BCUT2D eigenvalue weighted by atomic mass is 35.5. The van der Waals surface area contributed by atoms with Gasteiger partial charge < -0.3 is 14.7 Å². The van der Waals surface area contributed by atoms with E-state index in [2.05, 4.69) is 10.5 Å². The Bertz CT molecular complexity index is 1460. The maximum absolute atomic E-state index is 14.0. The Morgan fingerprint density at radius 2 is 1.70 bits per heavy atom. The van der Waals surface area contributed by atoms with Gasteiger partial charge in [-0.3, -0.25) is 0 Å². The molecular weight excluding hydrogens is 571 g/mol. The third-order valence-corrected chi connectivity index (χ3v) is 8.08. The average Bonchev–Trinajstić information content (AvgIpc) is 3.57. The van der Waals surface area contributed by atoms with E-state index in [9.17, 15) is 17.6 Å². The maximum Gasteiger partial charge on any atom is 0.186 e. The van der Waals surface area contributed by atoms with Gasteiger partial charge in [-0.25, -0.2) is 22.5 Å². The van der Waals surface area contributed by atoms with Gasteiger partial charge in [0.05, 0.1) is 15.1 Å². The van der Waals surface area contributed by atoms with E-state index >= 15 is 0 Å². The molecule has 0 radical (unpaired) electrons. The monoisotopic (exact) mass is 586 g/mol. The van der Waals surface area contributed by atoms with Gasteiger partial charge in [0, 0.05) is 42.1 Å². The molecule has 1 fully saturated rings. The Balaban J connectivity index is 1.22. The first-order valence-corrected chi connectivity index (χ1v) is 13.0. The number of anilines is 1. The largest absolute Gasteiger partial charge is 0.354 e. The number of likely N-dealkylation sites (tertiary alicyclic amines) is 1. The lowest BCUT2D eigenvalue weighted by molar-refractivity contribution is 0.316. The smallest absolute Gasteiger partial charge is 0.186 e. The van der Waals surface area contributed by atoms with Crippen molar-refractivity contribution >= 4 is 57.6 Å². The van der Waals surface area contributed by atoms with Crippen LogP contribution in [0.25, 0.3) is 22.7 Å². The van der Waals surface area contributed by atoms with Crippen molar-refractivity contribution in [3.8, 4) is 22.7 Å². The molecule has 1 aliphatic heterocycles. The van der Waals surface area contributed by atoms with E-state index in [0.717, 1.165) is 10.6 Å². The Morgan fingerprint density at radius 3 is 2.38 bits per heavy atom. The zero-order chi connectivity index (χ0) is 26.3. The molecule has 1 saturated heterocycles. The van der Waals surface area contributed by atoms with E-state index in [1.54, 1.807) is 29.2 Å². The van der Waals surface area contributed by atoms with Crippen LogP contribution >= 0.6 is 46.8 Å². The first-order chi connectivity index (χ1) is 17.7. The predicted octanol–water partition coefficient (Wildman–Crippen LogP) is 7.90. The quantitative estimate of drug-likeness (QED) is 0.149. The lowest BCUT2D eigenvalue weighted by Gasteiger charge is -2.33. The van der Waals surface area contributed by atoms with Gasteiger partial charge in [0.2, 0.25) is 0 Å². The van der Waals surface area contributed by atoms with Crippen LogP contribution in [-0.4, -0.2) is 33.2 Å². The molecule has 3 heterocycles. The fourth-order valence-electron chi connectivity index (χ4n) is 3.97. The summed E-state index contributed by atoms with van der Waals surface area (Å²) in [7, 11) is 0. The first-order valence-electron chi connectivity index (χ1n) is 11.0. The number of hydrogen-bond acceptors (Lipinski definition) is 5. The molecule has 2 aromatic heterocycles. The van der Waals surface area contributed by atoms with Crippen molar-refractivity contribution in [2.24, 2.45) is 0 Å². The molecule has 1 N–H and O–H groups in total. The summed E-state index contributed by atoms with van der Waals surface area (Å²) in [5, 5.41) is 10.1. The third-order valence-electron chi connectivity index (χ3n) is 5.98. The van der Waals surface area contributed by atoms with Crippen LogP contribution in [0.15, 0.2) is 40.2 Å². The van der Waals surface area contributed by atoms with Crippen LogP contribution in [0.5, 0.6) is 0 Å². The van der Waals surface area contributed by atoms with Crippen molar-refractivity contribution < 1.29 is 22.1 Å². The zero-order valence-corrected chi connectivity index (χ0v) is 21.8. The van der Waals surface area contributed by atoms with Crippen LogP contribution in [0.4, 0.5) is 23.2 Å². The summed E-state index contributed by atoms with van der Waals surface area (Å²) in [6.45, 7) is 0.937. The molecule has 13 heteroatoms. The fourth-order valence-corrected chi connectivity index (χ4v) is 5.54. The zero-order valence-electron chi connectivity index (χ0n) is 18.7. The minimum Gasteiger partial charge on any atom is -0.354 e. The van der Waals surface area contributed by atoms with Gasteiger partial charge in [-0.05, 0) is 37.2 Å². The molecule has 0 amide bonds. The predicted molar refractivity (Wildman–Crippen MR) is 139 cm³/mol. The van der Waals surface area contributed by atoms with Gasteiger partial charge in [-0.1, -0.05) is 34.4 Å². The molecular formula is C24H16Cl2F4N4OS2.